The lowest BCUT2D eigenvalue weighted by Crippen LogP contribution is -2.20. The van der Waals surface area contributed by atoms with E-state index < -0.39 is 0 Å². The molecule has 0 radical (unpaired) electrons. The van der Waals surface area contributed by atoms with Gasteiger partial charge in [-0.05, 0) is 37.4 Å². The monoisotopic (exact) mass is 271 g/mol. The third-order valence-corrected chi connectivity index (χ3v) is 5.07. The maximum Gasteiger partial charge on any atom is 0.0931 e. The number of halogens is 1. The van der Waals surface area contributed by atoms with Crippen molar-refractivity contribution in [1.29, 1.82) is 0 Å². The van der Waals surface area contributed by atoms with E-state index in [4.69, 9.17) is 11.6 Å². The summed E-state index contributed by atoms with van der Waals surface area (Å²) in [6.45, 7) is 3.21. The van der Waals surface area contributed by atoms with Gasteiger partial charge in [0.1, 0.15) is 0 Å². The lowest BCUT2D eigenvalue weighted by molar-refractivity contribution is 0.420. The molecule has 96 valence electrons. The van der Waals surface area contributed by atoms with Gasteiger partial charge in [-0.1, -0.05) is 44.2 Å². The van der Waals surface area contributed by atoms with Crippen LogP contribution < -0.4 is 5.32 Å². The van der Waals surface area contributed by atoms with Crippen LogP contribution in [0, 0.1) is 5.92 Å². The maximum atomic E-state index is 6.02. The molecule has 1 nitrogen and oxygen atoms in total. The zero-order valence-electron chi connectivity index (χ0n) is 10.5. The molecule has 0 aromatic carbocycles. The molecule has 0 amide bonds. The highest BCUT2D eigenvalue weighted by Crippen LogP contribution is 2.34. The van der Waals surface area contributed by atoms with E-state index in [-0.39, 0.29) is 0 Å². The van der Waals surface area contributed by atoms with Crippen molar-refractivity contribution < 1.29 is 0 Å². The number of rotatable bonds is 6. The van der Waals surface area contributed by atoms with Crippen molar-refractivity contribution in [1.82, 2.24) is 5.32 Å². The van der Waals surface area contributed by atoms with Crippen molar-refractivity contribution in [3.63, 3.8) is 0 Å². The van der Waals surface area contributed by atoms with E-state index in [2.05, 4.69) is 18.3 Å². The second kappa shape index (κ2) is 6.77. The van der Waals surface area contributed by atoms with Gasteiger partial charge in [0.05, 0.1) is 4.34 Å². The molecule has 1 aliphatic carbocycles. The Bertz CT molecular complexity index is 331. The summed E-state index contributed by atoms with van der Waals surface area (Å²) in [4.78, 5) is 1.40. The van der Waals surface area contributed by atoms with Crippen LogP contribution in [0.2, 0.25) is 4.34 Å². The standard InChI is InChI=1S/C14H22ClNS/c1-2-16-12(13-9-10-14(15)17-13)8-7-11-5-3-4-6-11/h9-12,16H,2-8H2,1H3. The van der Waals surface area contributed by atoms with Crippen molar-refractivity contribution in [2.45, 2.75) is 51.5 Å². The molecule has 0 aliphatic heterocycles. The molecular formula is C14H22ClNS. The van der Waals surface area contributed by atoms with Gasteiger partial charge in [0.15, 0.2) is 0 Å². The molecule has 1 saturated carbocycles. The van der Waals surface area contributed by atoms with Crippen molar-refractivity contribution in [2.75, 3.05) is 6.54 Å². The van der Waals surface area contributed by atoms with Crippen LogP contribution in [0.5, 0.6) is 0 Å². The van der Waals surface area contributed by atoms with Crippen LogP contribution in [0.3, 0.4) is 0 Å². The van der Waals surface area contributed by atoms with Gasteiger partial charge in [-0.25, -0.2) is 0 Å². The summed E-state index contributed by atoms with van der Waals surface area (Å²) in [5.74, 6) is 0.978. The van der Waals surface area contributed by atoms with E-state index in [1.165, 1.54) is 43.4 Å². The molecule has 1 aromatic rings. The molecule has 1 unspecified atom stereocenters. The van der Waals surface area contributed by atoms with E-state index in [0.29, 0.717) is 6.04 Å². The summed E-state index contributed by atoms with van der Waals surface area (Å²) in [5, 5.41) is 3.59. The molecular weight excluding hydrogens is 250 g/mol. The molecule has 0 saturated heterocycles. The third-order valence-electron chi connectivity index (χ3n) is 3.73. The molecule has 1 heterocycles. The van der Waals surface area contributed by atoms with Crippen molar-refractivity contribution in [3.05, 3.63) is 21.3 Å². The first-order valence-electron chi connectivity index (χ1n) is 6.78. The number of nitrogens with one attached hydrogen (secondary N) is 1. The van der Waals surface area contributed by atoms with Crippen LogP contribution in [0.15, 0.2) is 12.1 Å². The minimum Gasteiger partial charge on any atom is -0.310 e. The van der Waals surface area contributed by atoms with Crippen molar-refractivity contribution in [3.8, 4) is 0 Å². The summed E-state index contributed by atoms with van der Waals surface area (Å²) in [7, 11) is 0. The summed E-state index contributed by atoms with van der Waals surface area (Å²) < 4.78 is 0.906. The Morgan fingerprint density at radius 2 is 2.18 bits per heavy atom. The van der Waals surface area contributed by atoms with Gasteiger partial charge < -0.3 is 5.32 Å². The largest absolute Gasteiger partial charge is 0.310 e. The maximum absolute atomic E-state index is 6.02. The van der Waals surface area contributed by atoms with Gasteiger partial charge in [0.2, 0.25) is 0 Å². The molecule has 17 heavy (non-hydrogen) atoms. The summed E-state index contributed by atoms with van der Waals surface area (Å²) in [5.41, 5.74) is 0. The number of hydrogen-bond donors (Lipinski definition) is 1. The Hall–Kier alpha value is -0.0500. The molecule has 1 atom stereocenters. The first kappa shape index (κ1) is 13.4. The van der Waals surface area contributed by atoms with Crippen LogP contribution in [0.4, 0.5) is 0 Å². The first-order chi connectivity index (χ1) is 8.29. The summed E-state index contributed by atoms with van der Waals surface area (Å²) in [6.07, 6.45) is 8.42. The average Bonchev–Trinajstić information content (AvgIpc) is 2.95. The number of thiophene rings is 1. The predicted octanol–water partition coefficient (Wildman–Crippen LogP) is 5.02. The zero-order chi connectivity index (χ0) is 12.1. The highest BCUT2D eigenvalue weighted by atomic mass is 35.5. The van der Waals surface area contributed by atoms with Crippen molar-refractivity contribution >= 4 is 22.9 Å². The molecule has 2 rings (SSSR count). The normalized spacial score (nSPS) is 18.7. The Kier molecular flexibility index (Phi) is 5.33. The molecule has 1 fully saturated rings. The lowest BCUT2D eigenvalue weighted by Gasteiger charge is -2.18. The quantitative estimate of drug-likeness (QED) is 0.766. The SMILES string of the molecule is CCNC(CCC1CCCC1)c1ccc(Cl)s1. The smallest absolute Gasteiger partial charge is 0.0931 e. The van der Waals surface area contributed by atoms with Gasteiger partial charge in [-0.15, -0.1) is 11.3 Å². The second-order valence-electron chi connectivity index (χ2n) is 4.98. The Labute approximate surface area is 114 Å². The average molecular weight is 272 g/mol. The van der Waals surface area contributed by atoms with Gasteiger partial charge >= 0.3 is 0 Å². The van der Waals surface area contributed by atoms with E-state index in [1.54, 1.807) is 11.3 Å². The van der Waals surface area contributed by atoms with Crippen LogP contribution >= 0.6 is 22.9 Å². The van der Waals surface area contributed by atoms with Crippen LogP contribution in [-0.2, 0) is 0 Å². The fraction of sp³-hybridized carbons (Fsp3) is 0.714. The molecule has 0 bridgehead atoms. The van der Waals surface area contributed by atoms with E-state index in [9.17, 15) is 0 Å². The fourth-order valence-electron chi connectivity index (χ4n) is 2.81. The minimum atomic E-state index is 0.512. The predicted molar refractivity (Wildman–Crippen MR) is 76.9 cm³/mol. The van der Waals surface area contributed by atoms with E-state index in [1.807, 2.05) is 6.07 Å². The third kappa shape index (κ3) is 3.97. The second-order valence-corrected chi connectivity index (χ2v) is 6.73. The summed E-state index contributed by atoms with van der Waals surface area (Å²) in [6, 6.07) is 4.70. The lowest BCUT2D eigenvalue weighted by atomic mass is 9.98. The van der Waals surface area contributed by atoms with Gasteiger partial charge in [-0.2, -0.15) is 0 Å². The summed E-state index contributed by atoms with van der Waals surface area (Å²) >= 11 is 7.74. The topological polar surface area (TPSA) is 12.0 Å². The first-order valence-corrected chi connectivity index (χ1v) is 7.97. The Balaban J connectivity index is 1.87. The minimum absolute atomic E-state index is 0.512. The fourth-order valence-corrected chi connectivity index (χ4v) is 3.98. The van der Waals surface area contributed by atoms with Gasteiger partial charge in [-0.3, -0.25) is 0 Å². The Morgan fingerprint density at radius 1 is 1.41 bits per heavy atom. The van der Waals surface area contributed by atoms with E-state index in [0.717, 1.165) is 16.8 Å². The molecule has 3 heteroatoms. The van der Waals surface area contributed by atoms with Crippen molar-refractivity contribution in [2.24, 2.45) is 5.92 Å². The van der Waals surface area contributed by atoms with Gasteiger partial charge in [0, 0.05) is 10.9 Å². The number of hydrogen-bond acceptors (Lipinski definition) is 2. The molecule has 1 N–H and O–H groups in total. The van der Waals surface area contributed by atoms with Crippen LogP contribution in [-0.4, -0.2) is 6.54 Å². The van der Waals surface area contributed by atoms with E-state index >= 15 is 0 Å². The Morgan fingerprint density at radius 3 is 2.76 bits per heavy atom. The molecule has 1 aromatic heterocycles. The van der Waals surface area contributed by atoms with Crippen LogP contribution in [0.25, 0.3) is 0 Å². The highest BCUT2D eigenvalue weighted by molar-refractivity contribution is 7.16. The molecule has 1 aliphatic rings. The van der Waals surface area contributed by atoms with Crippen LogP contribution in [0.1, 0.15) is 56.4 Å². The highest BCUT2D eigenvalue weighted by Gasteiger charge is 2.18. The molecule has 0 spiro atoms. The zero-order valence-corrected chi connectivity index (χ0v) is 12.1. The van der Waals surface area contributed by atoms with Gasteiger partial charge in [0.25, 0.3) is 0 Å².